The normalized spacial score (nSPS) is 10.4. The van der Waals surface area contributed by atoms with Crippen molar-refractivity contribution in [1.82, 2.24) is 10.2 Å². The van der Waals surface area contributed by atoms with Gasteiger partial charge in [0.2, 0.25) is 0 Å². The Bertz CT molecular complexity index is 686. The SMILES string of the molecule is Cc1cc(Oc2nnc(C)c(C)c2C(=O)O)ccc1Br. The fraction of sp³-hybridized carbons (Fsp3) is 0.214. The van der Waals surface area contributed by atoms with E-state index in [4.69, 9.17) is 4.74 Å². The van der Waals surface area contributed by atoms with Crippen LogP contribution in [0.4, 0.5) is 0 Å². The molecule has 1 aromatic carbocycles. The molecule has 6 heteroatoms. The number of ether oxygens (including phenoxy) is 1. The minimum atomic E-state index is -1.08. The van der Waals surface area contributed by atoms with Crippen molar-refractivity contribution < 1.29 is 14.6 Å². The summed E-state index contributed by atoms with van der Waals surface area (Å²) in [6, 6.07) is 5.37. The van der Waals surface area contributed by atoms with Crippen LogP contribution < -0.4 is 4.74 Å². The summed E-state index contributed by atoms with van der Waals surface area (Å²) in [6.07, 6.45) is 0. The summed E-state index contributed by atoms with van der Waals surface area (Å²) < 4.78 is 6.52. The van der Waals surface area contributed by atoms with Gasteiger partial charge in [-0.3, -0.25) is 0 Å². The predicted octanol–water partition coefficient (Wildman–Crippen LogP) is 3.65. The van der Waals surface area contributed by atoms with Gasteiger partial charge < -0.3 is 9.84 Å². The molecule has 0 aliphatic carbocycles. The highest BCUT2D eigenvalue weighted by Gasteiger charge is 2.19. The van der Waals surface area contributed by atoms with Crippen molar-refractivity contribution >= 4 is 21.9 Å². The van der Waals surface area contributed by atoms with Crippen molar-refractivity contribution in [3.8, 4) is 11.6 Å². The van der Waals surface area contributed by atoms with Crippen LogP contribution in [0.25, 0.3) is 0 Å². The molecule has 104 valence electrons. The molecule has 1 N–H and O–H groups in total. The third-order valence-electron chi connectivity index (χ3n) is 2.98. The van der Waals surface area contributed by atoms with Crippen molar-refractivity contribution in [2.45, 2.75) is 20.8 Å². The molecular weight excluding hydrogens is 324 g/mol. The third kappa shape index (κ3) is 2.80. The van der Waals surface area contributed by atoms with Gasteiger partial charge in [0.15, 0.2) is 0 Å². The van der Waals surface area contributed by atoms with Crippen LogP contribution in [0.3, 0.4) is 0 Å². The Morgan fingerprint density at radius 2 is 1.95 bits per heavy atom. The quantitative estimate of drug-likeness (QED) is 0.925. The van der Waals surface area contributed by atoms with E-state index in [0.29, 0.717) is 17.0 Å². The van der Waals surface area contributed by atoms with Crippen LogP contribution in [-0.4, -0.2) is 21.3 Å². The highest BCUT2D eigenvalue weighted by atomic mass is 79.9. The van der Waals surface area contributed by atoms with E-state index in [2.05, 4.69) is 26.1 Å². The van der Waals surface area contributed by atoms with Gasteiger partial charge in [-0.05, 0) is 50.1 Å². The van der Waals surface area contributed by atoms with Gasteiger partial charge in [0.25, 0.3) is 5.88 Å². The molecule has 0 aliphatic heterocycles. The summed E-state index contributed by atoms with van der Waals surface area (Å²) in [7, 11) is 0. The maximum absolute atomic E-state index is 11.4. The van der Waals surface area contributed by atoms with Crippen molar-refractivity contribution in [1.29, 1.82) is 0 Å². The Morgan fingerprint density at radius 1 is 1.25 bits per heavy atom. The first-order valence-electron chi connectivity index (χ1n) is 5.91. The first-order valence-corrected chi connectivity index (χ1v) is 6.70. The van der Waals surface area contributed by atoms with Crippen molar-refractivity contribution in [2.75, 3.05) is 0 Å². The molecule has 0 atom stereocenters. The molecule has 5 nitrogen and oxygen atoms in total. The smallest absolute Gasteiger partial charge is 0.341 e. The molecule has 0 saturated heterocycles. The molecular formula is C14H13BrN2O3. The zero-order valence-corrected chi connectivity index (χ0v) is 12.9. The zero-order valence-electron chi connectivity index (χ0n) is 11.3. The minimum Gasteiger partial charge on any atom is -0.477 e. The Kier molecular flexibility index (Phi) is 4.04. The summed E-state index contributed by atoms with van der Waals surface area (Å²) in [4.78, 5) is 11.4. The summed E-state index contributed by atoms with van der Waals surface area (Å²) in [5.74, 6) is -0.558. The van der Waals surface area contributed by atoms with Crippen LogP contribution in [0.15, 0.2) is 22.7 Å². The van der Waals surface area contributed by atoms with Crippen LogP contribution >= 0.6 is 15.9 Å². The van der Waals surface area contributed by atoms with Gasteiger partial charge in [0.1, 0.15) is 11.3 Å². The van der Waals surface area contributed by atoms with Crippen LogP contribution in [0, 0.1) is 20.8 Å². The summed E-state index contributed by atoms with van der Waals surface area (Å²) in [6.45, 7) is 5.32. The number of halogens is 1. The van der Waals surface area contributed by atoms with E-state index in [0.717, 1.165) is 10.0 Å². The Balaban J connectivity index is 2.45. The lowest BCUT2D eigenvalue weighted by molar-refractivity contribution is 0.0692. The molecule has 1 heterocycles. The van der Waals surface area contributed by atoms with Crippen molar-refractivity contribution in [3.05, 3.63) is 45.1 Å². The number of hydrogen-bond donors (Lipinski definition) is 1. The van der Waals surface area contributed by atoms with Crippen LogP contribution in [0.5, 0.6) is 11.6 Å². The molecule has 0 bridgehead atoms. The van der Waals surface area contributed by atoms with Crippen LogP contribution in [0.2, 0.25) is 0 Å². The van der Waals surface area contributed by atoms with E-state index in [9.17, 15) is 9.90 Å². The van der Waals surface area contributed by atoms with Gasteiger partial charge in [-0.2, -0.15) is 5.10 Å². The number of aromatic carboxylic acids is 1. The van der Waals surface area contributed by atoms with E-state index in [1.807, 2.05) is 13.0 Å². The number of aromatic nitrogens is 2. The molecule has 0 radical (unpaired) electrons. The Morgan fingerprint density at radius 3 is 2.55 bits per heavy atom. The maximum atomic E-state index is 11.4. The first kappa shape index (κ1) is 14.5. The third-order valence-corrected chi connectivity index (χ3v) is 3.87. The number of rotatable bonds is 3. The topological polar surface area (TPSA) is 72.3 Å². The van der Waals surface area contributed by atoms with Crippen LogP contribution in [-0.2, 0) is 0 Å². The number of aryl methyl sites for hydroxylation is 2. The van der Waals surface area contributed by atoms with Crippen LogP contribution in [0.1, 0.15) is 27.2 Å². The van der Waals surface area contributed by atoms with Crippen molar-refractivity contribution in [2.24, 2.45) is 0 Å². The largest absolute Gasteiger partial charge is 0.477 e. The summed E-state index contributed by atoms with van der Waals surface area (Å²) in [5, 5.41) is 17.0. The molecule has 0 amide bonds. The Labute approximate surface area is 124 Å². The zero-order chi connectivity index (χ0) is 14.9. The van der Waals surface area contributed by atoms with Crippen molar-refractivity contribution in [3.63, 3.8) is 0 Å². The average molecular weight is 337 g/mol. The molecule has 0 saturated carbocycles. The lowest BCUT2D eigenvalue weighted by Gasteiger charge is -2.11. The lowest BCUT2D eigenvalue weighted by atomic mass is 10.1. The maximum Gasteiger partial charge on any atom is 0.341 e. The second kappa shape index (κ2) is 5.58. The molecule has 0 fully saturated rings. The Hall–Kier alpha value is -1.95. The second-order valence-electron chi connectivity index (χ2n) is 4.41. The van der Waals surface area contributed by atoms with Gasteiger partial charge in [-0.25, -0.2) is 4.79 Å². The molecule has 0 spiro atoms. The second-order valence-corrected chi connectivity index (χ2v) is 5.26. The number of carbonyl (C=O) groups is 1. The standard InChI is InChI=1S/C14H13BrN2O3/c1-7-6-10(4-5-11(7)15)20-13-12(14(18)19)8(2)9(3)16-17-13/h4-6H,1-3H3,(H,18,19). The van der Waals surface area contributed by atoms with Gasteiger partial charge >= 0.3 is 5.97 Å². The summed E-state index contributed by atoms with van der Waals surface area (Å²) in [5.41, 5.74) is 2.15. The monoisotopic (exact) mass is 336 g/mol. The van der Waals surface area contributed by atoms with E-state index in [1.165, 1.54) is 0 Å². The number of benzene rings is 1. The molecule has 0 unspecified atom stereocenters. The molecule has 20 heavy (non-hydrogen) atoms. The fourth-order valence-corrected chi connectivity index (χ4v) is 1.95. The van der Waals surface area contributed by atoms with Gasteiger partial charge in [-0.15, -0.1) is 5.10 Å². The van der Waals surface area contributed by atoms with Gasteiger partial charge in [0, 0.05) is 4.47 Å². The highest BCUT2D eigenvalue weighted by Crippen LogP contribution is 2.28. The number of carboxylic acid groups (broad SMARTS) is 1. The molecule has 0 aliphatic rings. The minimum absolute atomic E-state index is 0.00215. The average Bonchev–Trinajstić information content (AvgIpc) is 2.38. The van der Waals surface area contributed by atoms with E-state index in [-0.39, 0.29) is 11.4 Å². The highest BCUT2D eigenvalue weighted by molar-refractivity contribution is 9.10. The number of carboxylic acids is 1. The van der Waals surface area contributed by atoms with E-state index < -0.39 is 5.97 Å². The molecule has 2 aromatic rings. The number of hydrogen-bond acceptors (Lipinski definition) is 4. The fourth-order valence-electron chi connectivity index (χ4n) is 1.70. The van der Waals surface area contributed by atoms with Gasteiger partial charge in [-0.1, -0.05) is 15.9 Å². The summed E-state index contributed by atoms with van der Waals surface area (Å²) >= 11 is 3.40. The lowest BCUT2D eigenvalue weighted by Crippen LogP contribution is -2.08. The van der Waals surface area contributed by atoms with E-state index in [1.54, 1.807) is 26.0 Å². The first-order chi connectivity index (χ1) is 9.40. The van der Waals surface area contributed by atoms with Gasteiger partial charge in [0.05, 0.1) is 5.69 Å². The predicted molar refractivity (Wildman–Crippen MR) is 77.4 cm³/mol. The molecule has 1 aromatic heterocycles. The molecule has 2 rings (SSSR count). The number of nitrogens with zero attached hydrogens (tertiary/aromatic N) is 2. The van der Waals surface area contributed by atoms with E-state index >= 15 is 0 Å².